The highest BCUT2D eigenvalue weighted by atomic mass is 32.1. The van der Waals surface area contributed by atoms with Gasteiger partial charge in [0, 0.05) is 44.1 Å². The number of aromatic nitrogens is 2. The van der Waals surface area contributed by atoms with Gasteiger partial charge in [0.05, 0.1) is 10.6 Å². The molecule has 0 spiro atoms. The third-order valence-corrected chi connectivity index (χ3v) is 7.95. The monoisotopic (exact) mass is 498 g/mol. The van der Waals surface area contributed by atoms with Gasteiger partial charge in [0.25, 0.3) is 11.8 Å². The number of hydrogen-bond donors (Lipinski definition) is 0. The Bertz CT molecular complexity index is 1260. The van der Waals surface area contributed by atoms with Crippen molar-refractivity contribution < 1.29 is 9.59 Å². The van der Waals surface area contributed by atoms with E-state index in [2.05, 4.69) is 17.2 Å². The molecule has 1 aliphatic heterocycles. The van der Waals surface area contributed by atoms with Gasteiger partial charge in [-0.15, -0.1) is 11.3 Å². The van der Waals surface area contributed by atoms with Crippen LogP contribution in [0, 0.1) is 5.92 Å². The fourth-order valence-corrected chi connectivity index (χ4v) is 5.75. The molecule has 3 heterocycles. The first-order valence-electron chi connectivity index (χ1n) is 12.3. The molecule has 0 unspecified atom stereocenters. The quantitative estimate of drug-likeness (QED) is 0.353. The van der Waals surface area contributed by atoms with E-state index in [1.807, 2.05) is 89.1 Å². The Morgan fingerprint density at radius 1 is 1.00 bits per heavy atom. The molecule has 1 fully saturated rings. The van der Waals surface area contributed by atoms with Crippen LogP contribution < -0.4 is 0 Å². The van der Waals surface area contributed by atoms with E-state index >= 15 is 0 Å². The number of piperidine rings is 1. The first-order chi connectivity index (χ1) is 17.6. The highest BCUT2D eigenvalue weighted by molar-refractivity contribution is 7.12. The Labute approximate surface area is 215 Å². The van der Waals surface area contributed by atoms with Crippen molar-refractivity contribution in [3.05, 3.63) is 107 Å². The highest BCUT2D eigenvalue weighted by Gasteiger charge is 2.33. The molecule has 6 nitrogen and oxygen atoms in total. The molecule has 2 amide bonds. The van der Waals surface area contributed by atoms with E-state index in [0.717, 1.165) is 29.8 Å². The van der Waals surface area contributed by atoms with Gasteiger partial charge in [-0.1, -0.05) is 36.4 Å². The number of rotatable bonds is 7. The fraction of sp³-hybridized carbons (Fsp3) is 0.276. The molecule has 184 valence electrons. The molecular weight excluding hydrogens is 468 g/mol. The molecule has 0 saturated carbocycles. The number of carbonyl (C=O) groups excluding carboxylic acids is 2. The molecule has 1 aliphatic rings. The van der Waals surface area contributed by atoms with Crippen LogP contribution in [0.2, 0.25) is 0 Å². The van der Waals surface area contributed by atoms with E-state index in [1.54, 1.807) is 10.9 Å². The smallest absolute Gasteiger partial charge is 0.263 e. The average Bonchev–Trinajstić information content (AvgIpc) is 3.67. The van der Waals surface area contributed by atoms with Gasteiger partial charge in [-0.05, 0) is 72.5 Å². The lowest BCUT2D eigenvalue weighted by Gasteiger charge is -2.40. The van der Waals surface area contributed by atoms with E-state index in [9.17, 15) is 9.59 Å². The van der Waals surface area contributed by atoms with Crippen LogP contribution in [0.1, 0.15) is 38.4 Å². The minimum Gasteiger partial charge on any atom is -0.339 e. The summed E-state index contributed by atoms with van der Waals surface area (Å²) in [4.78, 5) is 31.1. The fourth-order valence-electron chi connectivity index (χ4n) is 5.05. The molecule has 4 aromatic rings. The van der Waals surface area contributed by atoms with Crippen molar-refractivity contribution in [1.29, 1.82) is 0 Å². The van der Waals surface area contributed by atoms with Gasteiger partial charge in [-0.2, -0.15) is 5.10 Å². The van der Waals surface area contributed by atoms with Crippen LogP contribution in [0.3, 0.4) is 0 Å². The molecule has 5 rings (SSSR count). The summed E-state index contributed by atoms with van der Waals surface area (Å²) in [6.07, 6.45) is 6.17. The molecule has 0 aliphatic carbocycles. The van der Waals surface area contributed by atoms with Gasteiger partial charge in [0.2, 0.25) is 0 Å². The number of carbonyl (C=O) groups is 2. The van der Waals surface area contributed by atoms with Gasteiger partial charge in [-0.3, -0.25) is 9.59 Å². The van der Waals surface area contributed by atoms with Gasteiger partial charge < -0.3 is 9.80 Å². The molecule has 7 heteroatoms. The second-order valence-corrected chi connectivity index (χ2v) is 10.2. The second kappa shape index (κ2) is 10.9. The number of likely N-dealkylation sites (tertiary alicyclic amines) is 1. The Morgan fingerprint density at radius 2 is 1.75 bits per heavy atom. The first kappa shape index (κ1) is 24.0. The molecule has 1 saturated heterocycles. The molecule has 0 N–H and O–H groups in total. The van der Waals surface area contributed by atoms with Crippen molar-refractivity contribution in [3.8, 4) is 5.69 Å². The minimum absolute atomic E-state index is 0.0584. The number of nitrogens with zero attached hydrogens (tertiary/aromatic N) is 4. The third-order valence-electron chi connectivity index (χ3n) is 7.09. The van der Waals surface area contributed by atoms with Crippen molar-refractivity contribution in [3.63, 3.8) is 0 Å². The summed E-state index contributed by atoms with van der Waals surface area (Å²) in [5, 5.41) is 6.19. The zero-order valence-corrected chi connectivity index (χ0v) is 21.2. The lowest BCUT2D eigenvalue weighted by atomic mass is 9.84. The minimum atomic E-state index is 0.0584. The highest BCUT2D eigenvalue weighted by Crippen LogP contribution is 2.29. The predicted molar refractivity (Wildman–Crippen MR) is 143 cm³/mol. The van der Waals surface area contributed by atoms with Gasteiger partial charge in [0.15, 0.2) is 0 Å². The predicted octanol–water partition coefficient (Wildman–Crippen LogP) is 5.17. The number of amides is 2. The van der Waals surface area contributed by atoms with Crippen LogP contribution in [-0.4, -0.2) is 57.6 Å². The van der Waals surface area contributed by atoms with E-state index < -0.39 is 0 Å². The molecule has 0 bridgehead atoms. The maximum Gasteiger partial charge on any atom is 0.263 e. The van der Waals surface area contributed by atoms with E-state index in [4.69, 9.17) is 0 Å². The molecule has 2 aromatic heterocycles. The van der Waals surface area contributed by atoms with Gasteiger partial charge in [0.1, 0.15) is 0 Å². The topological polar surface area (TPSA) is 58.4 Å². The summed E-state index contributed by atoms with van der Waals surface area (Å²) in [5.74, 6) is 0.454. The van der Waals surface area contributed by atoms with E-state index in [1.165, 1.54) is 16.9 Å². The zero-order valence-electron chi connectivity index (χ0n) is 20.4. The lowest BCUT2D eigenvalue weighted by molar-refractivity contribution is 0.0525. The van der Waals surface area contributed by atoms with Gasteiger partial charge >= 0.3 is 0 Å². The van der Waals surface area contributed by atoms with Crippen LogP contribution in [0.15, 0.2) is 90.6 Å². The molecule has 36 heavy (non-hydrogen) atoms. The molecule has 2 aromatic carbocycles. The second-order valence-electron chi connectivity index (χ2n) is 9.28. The standard InChI is InChI=1S/C29H30N4O2S/c1-31(29(35)27-9-5-20-36-27)26(21-22-7-3-2-4-8-22)23-14-18-32(19-15-23)28(34)24-10-12-25(13-11-24)33-17-6-16-30-33/h2-13,16-17,20,23,26H,14-15,18-19,21H2,1H3/t26-/m0/s1. The summed E-state index contributed by atoms with van der Waals surface area (Å²) in [5.41, 5.74) is 2.84. The normalized spacial score (nSPS) is 15.0. The molecule has 1 atom stereocenters. The zero-order chi connectivity index (χ0) is 24.9. The summed E-state index contributed by atoms with van der Waals surface area (Å²) in [6, 6.07) is 23.7. The molecular formula is C29H30N4O2S. The average molecular weight is 499 g/mol. The SMILES string of the molecule is CN(C(=O)c1cccs1)[C@@H](Cc1ccccc1)C1CCN(C(=O)c2ccc(-n3cccn3)cc2)CC1. The Morgan fingerprint density at radius 3 is 2.39 bits per heavy atom. The largest absolute Gasteiger partial charge is 0.339 e. The summed E-state index contributed by atoms with van der Waals surface area (Å²) < 4.78 is 1.78. The van der Waals surface area contributed by atoms with E-state index in [-0.39, 0.29) is 17.9 Å². The van der Waals surface area contributed by atoms with Gasteiger partial charge in [-0.25, -0.2) is 4.68 Å². The van der Waals surface area contributed by atoms with Crippen molar-refractivity contribution in [2.45, 2.75) is 25.3 Å². The van der Waals surface area contributed by atoms with Crippen LogP contribution in [-0.2, 0) is 6.42 Å². The van der Waals surface area contributed by atoms with Crippen molar-refractivity contribution in [2.75, 3.05) is 20.1 Å². The van der Waals surface area contributed by atoms with Crippen molar-refractivity contribution in [2.24, 2.45) is 5.92 Å². The number of benzene rings is 2. The van der Waals surface area contributed by atoms with Crippen LogP contribution >= 0.6 is 11.3 Å². The van der Waals surface area contributed by atoms with Crippen LogP contribution in [0.5, 0.6) is 0 Å². The third kappa shape index (κ3) is 5.26. The van der Waals surface area contributed by atoms with Crippen molar-refractivity contribution in [1.82, 2.24) is 19.6 Å². The van der Waals surface area contributed by atoms with Crippen molar-refractivity contribution >= 4 is 23.2 Å². The molecule has 0 radical (unpaired) electrons. The first-order valence-corrected chi connectivity index (χ1v) is 13.2. The Hall–Kier alpha value is -3.71. The van der Waals surface area contributed by atoms with Crippen LogP contribution in [0.25, 0.3) is 5.69 Å². The maximum atomic E-state index is 13.2. The summed E-state index contributed by atoms with van der Waals surface area (Å²) in [7, 11) is 1.92. The number of thiophene rings is 1. The van der Waals surface area contributed by atoms with Crippen LogP contribution in [0.4, 0.5) is 0 Å². The summed E-state index contributed by atoms with van der Waals surface area (Å²) >= 11 is 1.48. The summed E-state index contributed by atoms with van der Waals surface area (Å²) in [6.45, 7) is 1.38. The Kier molecular flexibility index (Phi) is 7.28. The Balaban J connectivity index is 1.26. The maximum absolute atomic E-state index is 13.2. The van der Waals surface area contributed by atoms with E-state index in [0.29, 0.717) is 24.6 Å². The lowest BCUT2D eigenvalue weighted by Crippen LogP contribution is -2.48. The number of likely N-dealkylation sites (N-methyl/N-ethyl adjacent to an activating group) is 1. The number of hydrogen-bond acceptors (Lipinski definition) is 4.